The molecule has 0 radical (unpaired) electrons. The second-order valence-corrected chi connectivity index (χ2v) is 6.30. The second kappa shape index (κ2) is 5.71. The topological polar surface area (TPSA) is 29.5 Å². The quantitative estimate of drug-likeness (QED) is 0.818. The first-order chi connectivity index (χ1) is 8.14. The Balaban J connectivity index is 1.92. The second-order valence-electron chi connectivity index (χ2n) is 6.30. The molecule has 2 aliphatic rings. The molecule has 0 aromatic heterocycles. The van der Waals surface area contributed by atoms with Gasteiger partial charge in [-0.25, -0.2) is 0 Å². The van der Waals surface area contributed by atoms with Gasteiger partial charge in [0.1, 0.15) is 0 Å². The van der Waals surface area contributed by atoms with Crippen molar-refractivity contribution in [2.75, 3.05) is 6.61 Å². The predicted octanol–water partition coefficient (Wildman–Crippen LogP) is 3.52. The molecule has 17 heavy (non-hydrogen) atoms. The van der Waals surface area contributed by atoms with Gasteiger partial charge in [0.2, 0.25) is 0 Å². The minimum atomic E-state index is -0.418. The summed E-state index contributed by atoms with van der Waals surface area (Å²) in [5.41, 5.74) is -0.418. The Labute approximate surface area is 106 Å². The van der Waals surface area contributed by atoms with E-state index in [1.807, 2.05) is 0 Å². The average Bonchev–Trinajstić information content (AvgIpc) is 2.30. The maximum Gasteiger partial charge on any atom is 0.0722 e. The number of rotatable bonds is 3. The summed E-state index contributed by atoms with van der Waals surface area (Å²) in [5.74, 6) is 1.39. The van der Waals surface area contributed by atoms with Crippen molar-refractivity contribution >= 4 is 0 Å². The summed E-state index contributed by atoms with van der Waals surface area (Å²) < 4.78 is 5.77. The van der Waals surface area contributed by atoms with Gasteiger partial charge in [-0.05, 0) is 37.5 Å². The summed E-state index contributed by atoms with van der Waals surface area (Å²) in [5, 5.41) is 10.9. The molecule has 1 heterocycles. The zero-order valence-electron chi connectivity index (χ0n) is 11.5. The molecule has 0 aromatic rings. The molecular weight excluding hydrogens is 212 g/mol. The fourth-order valence-electron chi connectivity index (χ4n) is 3.63. The molecule has 2 unspecified atom stereocenters. The van der Waals surface area contributed by atoms with E-state index in [1.54, 1.807) is 0 Å². The van der Waals surface area contributed by atoms with Crippen LogP contribution in [-0.4, -0.2) is 23.4 Å². The van der Waals surface area contributed by atoms with Crippen LogP contribution in [0.15, 0.2) is 0 Å². The van der Waals surface area contributed by atoms with Gasteiger partial charge < -0.3 is 9.84 Å². The van der Waals surface area contributed by atoms with Gasteiger partial charge in [-0.1, -0.05) is 33.1 Å². The number of ether oxygens (including phenoxy) is 1. The van der Waals surface area contributed by atoms with Crippen LogP contribution in [0.1, 0.15) is 65.2 Å². The van der Waals surface area contributed by atoms with E-state index in [1.165, 1.54) is 25.7 Å². The maximum atomic E-state index is 10.9. The zero-order chi connectivity index (χ0) is 12.3. The molecule has 2 nitrogen and oxygen atoms in total. The molecule has 0 aromatic carbocycles. The first-order valence-corrected chi connectivity index (χ1v) is 7.48. The SMILES string of the molecule is CCCC1CC(O)(C2CCC(C)CC2)CCO1. The molecule has 0 bridgehead atoms. The normalized spacial score (nSPS) is 43.6. The van der Waals surface area contributed by atoms with Crippen LogP contribution < -0.4 is 0 Å². The fourth-order valence-corrected chi connectivity index (χ4v) is 3.63. The van der Waals surface area contributed by atoms with Crippen LogP contribution >= 0.6 is 0 Å². The van der Waals surface area contributed by atoms with E-state index in [9.17, 15) is 5.11 Å². The van der Waals surface area contributed by atoms with E-state index >= 15 is 0 Å². The minimum absolute atomic E-state index is 0.304. The summed E-state index contributed by atoms with van der Waals surface area (Å²) in [7, 11) is 0. The monoisotopic (exact) mass is 240 g/mol. The summed E-state index contributed by atoms with van der Waals surface area (Å²) in [6, 6.07) is 0. The van der Waals surface area contributed by atoms with Crippen LogP contribution in [0.3, 0.4) is 0 Å². The van der Waals surface area contributed by atoms with Crippen molar-refractivity contribution in [2.45, 2.75) is 76.9 Å². The summed E-state index contributed by atoms with van der Waals surface area (Å²) >= 11 is 0. The fraction of sp³-hybridized carbons (Fsp3) is 1.00. The third-order valence-corrected chi connectivity index (χ3v) is 4.86. The van der Waals surface area contributed by atoms with E-state index in [2.05, 4.69) is 13.8 Å². The Kier molecular flexibility index (Phi) is 4.48. The van der Waals surface area contributed by atoms with Gasteiger partial charge in [-0.2, -0.15) is 0 Å². The first kappa shape index (κ1) is 13.4. The van der Waals surface area contributed by atoms with Gasteiger partial charge >= 0.3 is 0 Å². The molecule has 0 amide bonds. The number of hydrogen-bond acceptors (Lipinski definition) is 2. The van der Waals surface area contributed by atoms with Crippen LogP contribution in [0.5, 0.6) is 0 Å². The molecule has 2 rings (SSSR count). The highest BCUT2D eigenvalue weighted by atomic mass is 16.5. The summed E-state index contributed by atoms with van der Waals surface area (Å²) in [6.07, 6.45) is 9.32. The van der Waals surface area contributed by atoms with Crippen LogP contribution in [0.2, 0.25) is 0 Å². The Bertz CT molecular complexity index is 231. The molecule has 1 aliphatic carbocycles. The highest BCUT2D eigenvalue weighted by molar-refractivity contribution is 4.93. The van der Waals surface area contributed by atoms with E-state index in [0.717, 1.165) is 38.2 Å². The largest absolute Gasteiger partial charge is 0.389 e. The molecular formula is C15H28O2. The van der Waals surface area contributed by atoms with Crippen molar-refractivity contribution in [3.05, 3.63) is 0 Å². The lowest BCUT2D eigenvalue weighted by Crippen LogP contribution is -2.47. The lowest BCUT2D eigenvalue weighted by Gasteiger charge is -2.44. The molecule has 0 spiro atoms. The van der Waals surface area contributed by atoms with Crippen molar-refractivity contribution in [2.24, 2.45) is 11.8 Å². The van der Waals surface area contributed by atoms with Crippen LogP contribution in [0.25, 0.3) is 0 Å². The van der Waals surface area contributed by atoms with Crippen molar-refractivity contribution in [1.29, 1.82) is 0 Å². The molecule has 2 fully saturated rings. The molecule has 2 atom stereocenters. The van der Waals surface area contributed by atoms with E-state index in [0.29, 0.717) is 12.0 Å². The predicted molar refractivity (Wildman–Crippen MR) is 70.0 cm³/mol. The van der Waals surface area contributed by atoms with Gasteiger partial charge in [0.25, 0.3) is 0 Å². The first-order valence-electron chi connectivity index (χ1n) is 7.48. The van der Waals surface area contributed by atoms with Crippen molar-refractivity contribution in [1.82, 2.24) is 0 Å². The van der Waals surface area contributed by atoms with Gasteiger partial charge in [-0.15, -0.1) is 0 Å². The van der Waals surface area contributed by atoms with Gasteiger partial charge in [-0.3, -0.25) is 0 Å². The smallest absolute Gasteiger partial charge is 0.0722 e. The van der Waals surface area contributed by atoms with Crippen LogP contribution in [-0.2, 0) is 4.74 Å². The van der Waals surface area contributed by atoms with Crippen LogP contribution in [0, 0.1) is 11.8 Å². The summed E-state index contributed by atoms with van der Waals surface area (Å²) in [4.78, 5) is 0. The van der Waals surface area contributed by atoms with Crippen molar-refractivity contribution in [3.63, 3.8) is 0 Å². The zero-order valence-corrected chi connectivity index (χ0v) is 11.5. The molecule has 2 heteroatoms. The van der Waals surface area contributed by atoms with E-state index in [-0.39, 0.29) is 0 Å². The summed E-state index contributed by atoms with van der Waals surface area (Å²) in [6.45, 7) is 5.29. The van der Waals surface area contributed by atoms with E-state index in [4.69, 9.17) is 4.74 Å². The highest BCUT2D eigenvalue weighted by Crippen LogP contribution is 2.42. The Morgan fingerprint density at radius 3 is 2.59 bits per heavy atom. The lowest BCUT2D eigenvalue weighted by atomic mass is 9.69. The average molecular weight is 240 g/mol. The highest BCUT2D eigenvalue weighted by Gasteiger charge is 2.42. The number of aliphatic hydroxyl groups is 1. The van der Waals surface area contributed by atoms with Gasteiger partial charge in [0, 0.05) is 13.0 Å². The van der Waals surface area contributed by atoms with Crippen molar-refractivity contribution in [3.8, 4) is 0 Å². The Morgan fingerprint density at radius 1 is 1.24 bits per heavy atom. The van der Waals surface area contributed by atoms with E-state index < -0.39 is 5.60 Å². The Morgan fingerprint density at radius 2 is 1.94 bits per heavy atom. The molecule has 1 aliphatic heterocycles. The Hall–Kier alpha value is -0.0800. The molecule has 100 valence electrons. The third kappa shape index (κ3) is 3.23. The number of hydrogen-bond donors (Lipinski definition) is 1. The maximum absolute atomic E-state index is 10.9. The van der Waals surface area contributed by atoms with Gasteiger partial charge in [0.05, 0.1) is 11.7 Å². The standard InChI is InChI=1S/C15H28O2/c1-3-4-14-11-15(16,9-10-17-14)13-7-5-12(2)6-8-13/h12-14,16H,3-11H2,1-2H3. The lowest BCUT2D eigenvalue weighted by molar-refractivity contribution is -0.140. The molecule has 1 saturated heterocycles. The molecule has 1 saturated carbocycles. The van der Waals surface area contributed by atoms with Crippen molar-refractivity contribution < 1.29 is 9.84 Å². The third-order valence-electron chi connectivity index (χ3n) is 4.86. The minimum Gasteiger partial charge on any atom is -0.389 e. The molecule has 1 N–H and O–H groups in total. The van der Waals surface area contributed by atoms with Crippen LogP contribution in [0.4, 0.5) is 0 Å². The van der Waals surface area contributed by atoms with Gasteiger partial charge in [0.15, 0.2) is 0 Å².